The summed E-state index contributed by atoms with van der Waals surface area (Å²) in [6.07, 6.45) is 0.400. The Balaban J connectivity index is 1.84. The van der Waals surface area contributed by atoms with Gasteiger partial charge in [-0.2, -0.15) is 0 Å². The number of carbonyl (C=O) groups is 1. The number of amides is 1. The smallest absolute Gasteiger partial charge is 0.411 e. The fraction of sp³-hybridized carbons (Fsp3) is 0.353. The molecule has 0 fully saturated rings. The van der Waals surface area contributed by atoms with Crippen molar-refractivity contribution in [1.29, 1.82) is 0 Å². The monoisotopic (exact) mass is 286 g/mol. The lowest BCUT2D eigenvalue weighted by atomic mass is 10.1. The van der Waals surface area contributed by atoms with Crippen LogP contribution in [0.25, 0.3) is 10.8 Å². The molecule has 0 bridgehead atoms. The lowest BCUT2D eigenvalue weighted by Crippen LogP contribution is -2.25. The van der Waals surface area contributed by atoms with Gasteiger partial charge in [-0.05, 0) is 24.4 Å². The number of anilines is 1. The first-order valence-electron chi connectivity index (χ1n) is 7.32. The van der Waals surface area contributed by atoms with Crippen LogP contribution < -0.4 is 10.6 Å². The van der Waals surface area contributed by atoms with E-state index in [1.54, 1.807) is 0 Å². The van der Waals surface area contributed by atoms with E-state index < -0.39 is 6.09 Å². The molecule has 0 spiro atoms. The number of carbonyl (C=O) groups excluding carboxylic acids is 1. The Kier molecular flexibility index (Phi) is 5.58. The SMILES string of the molecule is CC(C)NCCCOC(=O)Nc1cccc2ccccc12. The maximum Gasteiger partial charge on any atom is 0.411 e. The molecular weight excluding hydrogens is 264 g/mol. The molecule has 2 aromatic rings. The second-order valence-corrected chi connectivity index (χ2v) is 5.25. The van der Waals surface area contributed by atoms with Crippen molar-refractivity contribution in [2.24, 2.45) is 0 Å². The van der Waals surface area contributed by atoms with Gasteiger partial charge in [0, 0.05) is 11.4 Å². The third-order valence-corrected chi connectivity index (χ3v) is 3.13. The van der Waals surface area contributed by atoms with Crippen LogP contribution in [0.3, 0.4) is 0 Å². The van der Waals surface area contributed by atoms with Gasteiger partial charge in [0.2, 0.25) is 0 Å². The summed E-state index contributed by atoms with van der Waals surface area (Å²) in [5, 5.41) is 8.19. The van der Waals surface area contributed by atoms with Crippen molar-refractivity contribution in [2.75, 3.05) is 18.5 Å². The van der Waals surface area contributed by atoms with Gasteiger partial charge in [-0.15, -0.1) is 0 Å². The summed E-state index contributed by atoms with van der Waals surface area (Å²) in [6.45, 7) is 5.44. The molecule has 0 saturated carbocycles. The van der Waals surface area contributed by atoms with E-state index >= 15 is 0 Å². The Morgan fingerprint density at radius 3 is 2.71 bits per heavy atom. The molecule has 4 heteroatoms. The summed E-state index contributed by atoms with van der Waals surface area (Å²) >= 11 is 0. The Morgan fingerprint density at radius 1 is 1.14 bits per heavy atom. The fourth-order valence-corrected chi connectivity index (χ4v) is 2.11. The predicted molar refractivity (Wildman–Crippen MR) is 86.7 cm³/mol. The highest BCUT2D eigenvalue weighted by atomic mass is 16.5. The summed E-state index contributed by atoms with van der Waals surface area (Å²) in [6, 6.07) is 14.2. The maximum atomic E-state index is 11.8. The van der Waals surface area contributed by atoms with Gasteiger partial charge < -0.3 is 10.1 Å². The van der Waals surface area contributed by atoms with Crippen LogP contribution in [0.15, 0.2) is 42.5 Å². The molecule has 0 aromatic heterocycles. The van der Waals surface area contributed by atoms with Crippen LogP contribution in [0.5, 0.6) is 0 Å². The Hall–Kier alpha value is -2.07. The zero-order valence-electron chi connectivity index (χ0n) is 12.6. The van der Waals surface area contributed by atoms with Gasteiger partial charge in [0.05, 0.1) is 12.3 Å². The topological polar surface area (TPSA) is 50.4 Å². The van der Waals surface area contributed by atoms with Gasteiger partial charge in [0.1, 0.15) is 0 Å². The third-order valence-electron chi connectivity index (χ3n) is 3.13. The average Bonchev–Trinajstić information content (AvgIpc) is 2.47. The molecule has 0 aliphatic heterocycles. The van der Waals surface area contributed by atoms with Crippen LogP contribution in [0.4, 0.5) is 10.5 Å². The summed E-state index contributed by atoms with van der Waals surface area (Å²) < 4.78 is 5.19. The van der Waals surface area contributed by atoms with Crippen molar-refractivity contribution >= 4 is 22.6 Å². The molecule has 21 heavy (non-hydrogen) atoms. The second-order valence-electron chi connectivity index (χ2n) is 5.25. The summed E-state index contributed by atoms with van der Waals surface area (Å²) in [4.78, 5) is 11.8. The minimum atomic E-state index is -0.407. The van der Waals surface area contributed by atoms with Gasteiger partial charge in [-0.1, -0.05) is 50.2 Å². The van der Waals surface area contributed by atoms with E-state index in [0.29, 0.717) is 12.6 Å². The first-order valence-corrected chi connectivity index (χ1v) is 7.32. The van der Waals surface area contributed by atoms with Crippen molar-refractivity contribution in [3.63, 3.8) is 0 Å². The molecule has 1 amide bonds. The number of nitrogens with one attached hydrogen (secondary N) is 2. The van der Waals surface area contributed by atoms with Gasteiger partial charge in [0.25, 0.3) is 0 Å². The summed E-state index contributed by atoms with van der Waals surface area (Å²) in [5.74, 6) is 0. The zero-order valence-corrected chi connectivity index (χ0v) is 12.6. The molecule has 0 heterocycles. The van der Waals surface area contributed by atoms with Gasteiger partial charge in [0.15, 0.2) is 0 Å². The van der Waals surface area contributed by atoms with E-state index in [-0.39, 0.29) is 0 Å². The third kappa shape index (κ3) is 4.76. The number of hydrogen-bond donors (Lipinski definition) is 2. The van der Waals surface area contributed by atoms with E-state index in [9.17, 15) is 4.79 Å². The Morgan fingerprint density at radius 2 is 1.90 bits per heavy atom. The molecule has 0 saturated heterocycles. The summed E-state index contributed by atoms with van der Waals surface area (Å²) in [5.41, 5.74) is 0.776. The molecule has 2 rings (SSSR count). The zero-order chi connectivity index (χ0) is 15.1. The number of rotatable bonds is 6. The van der Waals surface area contributed by atoms with Crippen molar-refractivity contribution < 1.29 is 9.53 Å². The number of benzene rings is 2. The van der Waals surface area contributed by atoms with Crippen LogP contribution in [-0.2, 0) is 4.74 Å². The first-order chi connectivity index (χ1) is 10.2. The van der Waals surface area contributed by atoms with E-state index in [0.717, 1.165) is 29.4 Å². The molecule has 0 radical (unpaired) electrons. The van der Waals surface area contributed by atoms with Gasteiger partial charge in [-0.3, -0.25) is 5.32 Å². The molecule has 2 N–H and O–H groups in total. The van der Waals surface area contributed by atoms with Crippen LogP contribution in [0.1, 0.15) is 20.3 Å². The fourth-order valence-electron chi connectivity index (χ4n) is 2.11. The molecule has 0 unspecified atom stereocenters. The molecule has 4 nitrogen and oxygen atoms in total. The molecular formula is C17H22N2O2. The number of fused-ring (bicyclic) bond motifs is 1. The molecule has 112 valence electrons. The Labute approximate surface area is 125 Å². The minimum absolute atomic E-state index is 0.407. The van der Waals surface area contributed by atoms with Crippen molar-refractivity contribution in [3.8, 4) is 0 Å². The van der Waals surface area contributed by atoms with E-state index in [2.05, 4.69) is 24.5 Å². The molecule has 0 aliphatic rings. The molecule has 0 aliphatic carbocycles. The lowest BCUT2D eigenvalue weighted by molar-refractivity contribution is 0.160. The summed E-state index contributed by atoms with van der Waals surface area (Å²) in [7, 11) is 0. The van der Waals surface area contributed by atoms with Crippen LogP contribution in [0.2, 0.25) is 0 Å². The largest absolute Gasteiger partial charge is 0.449 e. The quantitative estimate of drug-likeness (QED) is 0.795. The Bertz CT molecular complexity index is 591. The molecule has 2 aromatic carbocycles. The normalized spacial score (nSPS) is 10.8. The maximum absolute atomic E-state index is 11.8. The number of ether oxygens (including phenoxy) is 1. The second kappa shape index (κ2) is 7.64. The van der Waals surface area contributed by atoms with Crippen LogP contribution >= 0.6 is 0 Å². The standard InChI is InChI=1S/C17H22N2O2/c1-13(2)18-11-6-12-21-17(20)19-16-10-5-8-14-7-3-4-9-15(14)16/h3-5,7-10,13,18H,6,11-12H2,1-2H3,(H,19,20). The predicted octanol–water partition coefficient (Wildman–Crippen LogP) is 3.78. The lowest BCUT2D eigenvalue weighted by Gasteiger charge is -2.10. The van der Waals surface area contributed by atoms with Crippen molar-refractivity contribution in [2.45, 2.75) is 26.3 Å². The highest BCUT2D eigenvalue weighted by Gasteiger charge is 2.06. The average molecular weight is 286 g/mol. The van der Waals surface area contributed by atoms with Crippen LogP contribution in [0, 0.1) is 0 Å². The van der Waals surface area contributed by atoms with Crippen molar-refractivity contribution in [1.82, 2.24) is 5.32 Å². The van der Waals surface area contributed by atoms with Crippen LogP contribution in [-0.4, -0.2) is 25.3 Å². The van der Waals surface area contributed by atoms with E-state index in [4.69, 9.17) is 4.74 Å². The minimum Gasteiger partial charge on any atom is -0.449 e. The highest BCUT2D eigenvalue weighted by molar-refractivity contribution is 6.00. The van der Waals surface area contributed by atoms with E-state index in [1.165, 1.54) is 0 Å². The first kappa shape index (κ1) is 15.3. The number of hydrogen-bond acceptors (Lipinski definition) is 3. The van der Waals surface area contributed by atoms with Crippen molar-refractivity contribution in [3.05, 3.63) is 42.5 Å². The molecule has 0 atom stereocenters. The highest BCUT2D eigenvalue weighted by Crippen LogP contribution is 2.22. The van der Waals surface area contributed by atoms with Gasteiger partial charge >= 0.3 is 6.09 Å². The van der Waals surface area contributed by atoms with Gasteiger partial charge in [-0.25, -0.2) is 4.79 Å². The van der Waals surface area contributed by atoms with E-state index in [1.807, 2.05) is 42.5 Å².